The number of amides is 3. The Morgan fingerprint density at radius 1 is 1.15 bits per heavy atom. The third-order valence-electron chi connectivity index (χ3n) is 6.02. The van der Waals surface area contributed by atoms with Crippen LogP contribution in [0.3, 0.4) is 0 Å². The highest BCUT2D eigenvalue weighted by atomic mass is 16.2. The van der Waals surface area contributed by atoms with E-state index in [1.165, 1.54) is 0 Å². The first-order valence-corrected chi connectivity index (χ1v) is 11.4. The lowest BCUT2D eigenvalue weighted by atomic mass is 10.0. The van der Waals surface area contributed by atoms with Gasteiger partial charge in [-0.2, -0.15) is 0 Å². The SMILES string of the molecule is C#CCNC(=O)c1ccc2c(c1)NC(=O)/C2=C\c1[nH]c(C)c(C(=O)NCCN(CC)CC)c1C. The number of likely N-dealkylation sites (N-methyl/N-ethyl adjacent to an activating group) is 1. The number of rotatable bonds is 9. The van der Waals surface area contributed by atoms with Crippen LogP contribution in [0.4, 0.5) is 5.69 Å². The Balaban J connectivity index is 1.82. The van der Waals surface area contributed by atoms with Crippen molar-refractivity contribution in [3.8, 4) is 12.3 Å². The van der Waals surface area contributed by atoms with Crippen LogP contribution in [0.25, 0.3) is 11.6 Å². The van der Waals surface area contributed by atoms with Crippen molar-refractivity contribution in [1.82, 2.24) is 20.5 Å². The van der Waals surface area contributed by atoms with Crippen molar-refractivity contribution >= 4 is 35.1 Å². The van der Waals surface area contributed by atoms with Gasteiger partial charge in [0.1, 0.15) is 0 Å². The largest absolute Gasteiger partial charge is 0.358 e. The van der Waals surface area contributed by atoms with Gasteiger partial charge >= 0.3 is 0 Å². The number of fused-ring (bicyclic) bond motifs is 1. The van der Waals surface area contributed by atoms with E-state index in [1.54, 1.807) is 24.3 Å². The topological polar surface area (TPSA) is 106 Å². The predicted molar refractivity (Wildman–Crippen MR) is 134 cm³/mol. The maximum atomic E-state index is 12.8. The molecule has 1 aliphatic heterocycles. The zero-order chi connectivity index (χ0) is 24.8. The van der Waals surface area contributed by atoms with Crippen molar-refractivity contribution in [3.05, 3.63) is 51.8 Å². The van der Waals surface area contributed by atoms with Crippen LogP contribution in [0, 0.1) is 26.2 Å². The van der Waals surface area contributed by atoms with E-state index >= 15 is 0 Å². The lowest BCUT2D eigenvalue weighted by molar-refractivity contribution is -0.110. The number of carbonyl (C=O) groups is 3. The minimum absolute atomic E-state index is 0.129. The quantitative estimate of drug-likeness (QED) is 0.340. The maximum Gasteiger partial charge on any atom is 0.256 e. The van der Waals surface area contributed by atoms with Gasteiger partial charge in [-0.3, -0.25) is 14.4 Å². The van der Waals surface area contributed by atoms with E-state index in [0.29, 0.717) is 40.2 Å². The molecule has 3 rings (SSSR count). The van der Waals surface area contributed by atoms with Crippen LogP contribution in [-0.2, 0) is 4.79 Å². The Morgan fingerprint density at radius 3 is 2.56 bits per heavy atom. The van der Waals surface area contributed by atoms with E-state index in [4.69, 9.17) is 6.42 Å². The molecule has 0 fully saturated rings. The van der Waals surface area contributed by atoms with Gasteiger partial charge in [0, 0.05) is 41.3 Å². The van der Waals surface area contributed by atoms with Gasteiger partial charge in [0.05, 0.1) is 17.7 Å². The summed E-state index contributed by atoms with van der Waals surface area (Å²) >= 11 is 0. The Kier molecular flexibility index (Phi) is 7.92. The molecule has 0 spiro atoms. The monoisotopic (exact) mass is 461 g/mol. The highest BCUT2D eigenvalue weighted by molar-refractivity contribution is 6.35. The van der Waals surface area contributed by atoms with E-state index in [0.717, 1.165) is 30.9 Å². The second-order valence-corrected chi connectivity index (χ2v) is 8.11. The molecule has 0 unspecified atom stereocenters. The Morgan fingerprint density at radius 2 is 1.88 bits per heavy atom. The van der Waals surface area contributed by atoms with Gasteiger partial charge in [-0.25, -0.2) is 0 Å². The number of anilines is 1. The van der Waals surface area contributed by atoms with Crippen LogP contribution in [-0.4, -0.2) is 60.3 Å². The summed E-state index contributed by atoms with van der Waals surface area (Å²) in [4.78, 5) is 43.2. The molecule has 0 radical (unpaired) electrons. The number of nitrogens with one attached hydrogen (secondary N) is 4. The van der Waals surface area contributed by atoms with Gasteiger partial charge in [-0.05, 0) is 50.7 Å². The third-order valence-corrected chi connectivity index (χ3v) is 6.02. The lowest BCUT2D eigenvalue weighted by Gasteiger charge is -2.18. The number of hydrogen-bond acceptors (Lipinski definition) is 4. The summed E-state index contributed by atoms with van der Waals surface area (Å²) < 4.78 is 0. The number of nitrogens with zero attached hydrogens (tertiary/aromatic N) is 1. The van der Waals surface area contributed by atoms with Crippen LogP contribution in [0.5, 0.6) is 0 Å². The third kappa shape index (κ3) is 5.21. The minimum atomic E-state index is -0.306. The van der Waals surface area contributed by atoms with Gasteiger partial charge in [-0.1, -0.05) is 25.8 Å². The molecule has 2 aromatic rings. The fourth-order valence-corrected chi connectivity index (χ4v) is 4.07. The molecule has 8 nitrogen and oxygen atoms in total. The average Bonchev–Trinajstić information content (AvgIpc) is 3.29. The molecule has 0 bridgehead atoms. The molecular weight excluding hydrogens is 430 g/mol. The first kappa shape index (κ1) is 24.8. The Hall–Kier alpha value is -3.83. The number of H-pyrrole nitrogens is 1. The molecule has 0 saturated heterocycles. The number of benzene rings is 1. The van der Waals surface area contributed by atoms with Crippen molar-refractivity contribution < 1.29 is 14.4 Å². The Bertz CT molecular complexity index is 1180. The number of aromatic amines is 1. The molecule has 2 heterocycles. The Labute approximate surface area is 200 Å². The highest BCUT2D eigenvalue weighted by Crippen LogP contribution is 2.34. The van der Waals surface area contributed by atoms with Crippen LogP contribution in [0.15, 0.2) is 18.2 Å². The average molecular weight is 462 g/mol. The second-order valence-electron chi connectivity index (χ2n) is 8.11. The molecule has 178 valence electrons. The molecule has 0 aliphatic carbocycles. The molecule has 1 aromatic heterocycles. The van der Waals surface area contributed by atoms with Crippen LogP contribution < -0.4 is 16.0 Å². The van der Waals surface area contributed by atoms with E-state index in [9.17, 15) is 14.4 Å². The number of terminal acetylenes is 1. The van der Waals surface area contributed by atoms with Crippen molar-refractivity contribution in [2.45, 2.75) is 27.7 Å². The van der Waals surface area contributed by atoms with Gasteiger partial charge in [-0.15, -0.1) is 6.42 Å². The van der Waals surface area contributed by atoms with E-state index < -0.39 is 0 Å². The fourth-order valence-electron chi connectivity index (χ4n) is 4.07. The molecule has 0 atom stereocenters. The van der Waals surface area contributed by atoms with Gasteiger partial charge < -0.3 is 25.8 Å². The minimum Gasteiger partial charge on any atom is -0.358 e. The molecule has 1 aromatic carbocycles. The second kappa shape index (κ2) is 10.9. The van der Waals surface area contributed by atoms with Gasteiger partial charge in [0.25, 0.3) is 17.7 Å². The van der Waals surface area contributed by atoms with Crippen molar-refractivity contribution in [3.63, 3.8) is 0 Å². The highest BCUT2D eigenvalue weighted by Gasteiger charge is 2.26. The van der Waals surface area contributed by atoms with Gasteiger partial charge in [0.2, 0.25) is 0 Å². The summed E-state index contributed by atoms with van der Waals surface area (Å²) in [6, 6.07) is 5.01. The van der Waals surface area contributed by atoms with E-state index in [2.05, 4.69) is 45.6 Å². The summed E-state index contributed by atoms with van der Waals surface area (Å²) in [6.45, 7) is 11.3. The summed E-state index contributed by atoms with van der Waals surface area (Å²) in [5.74, 6) is 1.65. The first-order chi connectivity index (χ1) is 16.3. The van der Waals surface area contributed by atoms with E-state index in [1.807, 2.05) is 13.8 Å². The smallest absolute Gasteiger partial charge is 0.256 e. The molecular formula is C26H31N5O3. The van der Waals surface area contributed by atoms with Crippen LogP contribution in [0.1, 0.15) is 57.1 Å². The van der Waals surface area contributed by atoms with Gasteiger partial charge in [0.15, 0.2) is 0 Å². The summed E-state index contributed by atoms with van der Waals surface area (Å²) in [5.41, 5.74) is 4.91. The van der Waals surface area contributed by atoms with Crippen LogP contribution in [0.2, 0.25) is 0 Å². The standard InChI is InChI=1S/C26H31N5O3/c1-6-11-27-24(32)18-9-10-19-20(25(33)30-22(19)14-18)15-21-16(4)23(17(5)29-21)26(34)28-12-13-31(7-2)8-3/h1,9-10,14-15,29H,7-8,11-13H2,2-5H3,(H,27,32)(H,28,34)(H,30,33)/b20-15-. The molecule has 34 heavy (non-hydrogen) atoms. The van der Waals surface area contributed by atoms with Crippen molar-refractivity contribution in [2.24, 2.45) is 0 Å². The maximum absolute atomic E-state index is 12.8. The molecule has 1 aliphatic rings. The number of aryl methyl sites for hydroxylation is 1. The van der Waals surface area contributed by atoms with E-state index in [-0.39, 0.29) is 24.3 Å². The van der Waals surface area contributed by atoms with Crippen molar-refractivity contribution in [1.29, 1.82) is 0 Å². The summed E-state index contributed by atoms with van der Waals surface area (Å²) in [6.07, 6.45) is 6.93. The first-order valence-electron chi connectivity index (χ1n) is 11.4. The number of aromatic nitrogens is 1. The zero-order valence-corrected chi connectivity index (χ0v) is 20.1. The lowest BCUT2D eigenvalue weighted by Crippen LogP contribution is -2.35. The fraction of sp³-hybridized carbons (Fsp3) is 0.346. The molecule has 4 N–H and O–H groups in total. The summed E-state index contributed by atoms with van der Waals surface area (Å²) in [7, 11) is 0. The molecule has 0 saturated carbocycles. The van der Waals surface area contributed by atoms with Crippen molar-refractivity contribution in [2.75, 3.05) is 38.0 Å². The van der Waals surface area contributed by atoms with Crippen LogP contribution >= 0.6 is 0 Å². The molecule has 8 heteroatoms. The zero-order valence-electron chi connectivity index (χ0n) is 20.1. The normalized spacial score (nSPS) is 13.5. The summed E-state index contributed by atoms with van der Waals surface area (Å²) in [5, 5.41) is 8.41. The molecule has 3 amide bonds. The number of hydrogen-bond donors (Lipinski definition) is 4. The number of carbonyl (C=O) groups excluding carboxylic acids is 3. The predicted octanol–water partition coefficient (Wildman–Crippen LogP) is 2.56.